The zero-order chi connectivity index (χ0) is 18.0. The summed E-state index contributed by atoms with van der Waals surface area (Å²) in [5.41, 5.74) is -0.0472. The summed E-state index contributed by atoms with van der Waals surface area (Å²) in [5.74, 6) is 1.23. The minimum atomic E-state index is -0.278. The van der Waals surface area contributed by atoms with Crippen molar-refractivity contribution < 1.29 is 4.79 Å². The Bertz CT molecular complexity index is 802. The molecule has 0 saturated carbocycles. The standard InChI is InChI=1S/C16H25N7O2/c1-11(2)6-9-23-16(25)22-8-7-12(4-5-13(22)19-23)18-15(24)14-17-10-21(3)20-14/h10-12H,4-9H2,1-3H3,(H,18,24). The highest BCUT2D eigenvalue weighted by molar-refractivity contribution is 5.90. The zero-order valence-corrected chi connectivity index (χ0v) is 15.0. The summed E-state index contributed by atoms with van der Waals surface area (Å²) in [6.45, 7) is 5.49. The molecule has 1 N–H and O–H groups in total. The van der Waals surface area contributed by atoms with E-state index in [2.05, 4.69) is 34.3 Å². The van der Waals surface area contributed by atoms with Gasteiger partial charge >= 0.3 is 5.69 Å². The predicted molar refractivity (Wildman–Crippen MR) is 91.1 cm³/mol. The molecule has 9 heteroatoms. The molecule has 1 aliphatic rings. The van der Waals surface area contributed by atoms with Gasteiger partial charge in [0.25, 0.3) is 5.91 Å². The van der Waals surface area contributed by atoms with Gasteiger partial charge in [0.2, 0.25) is 5.82 Å². The third-order valence-corrected chi connectivity index (χ3v) is 4.47. The molecule has 3 heterocycles. The van der Waals surface area contributed by atoms with Gasteiger partial charge in [0.05, 0.1) is 0 Å². The molecule has 1 aliphatic heterocycles. The van der Waals surface area contributed by atoms with Crippen molar-refractivity contribution in [1.82, 2.24) is 34.4 Å². The number of nitrogens with one attached hydrogen (secondary N) is 1. The van der Waals surface area contributed by atoms with Crippen LogP contribution < -0.4 is 11.0 Å². The van der Waals surface area contributed by atoms with E-state index in [0.717, 1.165) is 18.7 Å². The SMILES string of the molecule is CC(C)CCn1nc2n(c1=O)CCC(NC(=O)c1ncn(C)n1)CC2. The second-order valence-corrected chi connectivity index (χ2v) is 7.00. The van der Waals surface area contributed by atoms with Crippen LogP contribution in [0.15, 0.2) is 11.1 Å². The van der Waals surface area contributed by atoms with Crippen LogP contribution in [0.25, 0.3) is 0 Å². The smallest absolute Gasteiger partial charge is 0.345 e. The number of rotatable bonds is 5. The molecular weight excluding hydrogens is 322 g/mol. The third kappa shape index (κ3) is 3.97. The highest BCUT2D eigenvalue weighted by Crippen LogP contribution is 2.13. The Hall–Kier alpha value is -2.45. The summed E-state index contributed by atoms with van der Waals surface area (Å²) >= 11 is 0. The van der Waals surface area contributed by atoms with Crippen molar-refractivity contribution in [2.24, 2.45) is 13.0 Å². The van der Waals surface area contributed by atoms with Gasteiger partial charge in [-0.15, -0.1) is 5.10 Å². The second-order valence-electron chi connectivity index (χ2n) is 7.00. The molecular formula is C16H25N7O2. The number of aromatic nitrogens is 6. The van der Waals surface area contributed by atoms with Crippen LogP contribution in [0, 0.1) is 5.92 Å². The van der Waals surface area contributed by atoms with Crippen LogP contribution in [0.3, 0.4) is 0 Å². The Balaban J connectivity index is 1.63. The Morgan fingerprint density at radius 2 is 2.16 bits per heavy atom. The Kier molecular flexibility index (Phi) is 5.00. The van der Waals surface area contributed by atoms with Gasteiger partial charge < -0.3 is 5.32 Å². The van der Waals surface area contributed by atoms with Gasteiger partial charge in [0.1, 0.15) is 12.2 Å². The van der Waals surface area contributed by atoms with Crippen molar-refractivity contribution in [3.8, 4) is 0 Å². The molecule has 3 rings (SSSR count). The Morgan fingerprint density at radius 3 is 2.84 bits per heavy atom. The highest BCUT2D eigenvalue weighted by atomic mass is 16.2. The van der Waals surface area contributed by atoms with Gasteiger partial charge in [-0.3, -0.25) is 14.0 Å². The van der Waals surface area contributed by atoms with Crippen LogP contribution in [0.4, 0.5) is 0 Å². The van der Waals surface area contributed by atoms with Gasteiger partial charge in [-0.05, 0) is 25.2 Å². The van der Waals surface area contributed by atoms with Crippen molar-refractivity contribution >= 4 is 5.91 Å². The predicted octanol–water partition coefficient (Wildman–Crippen LogP) is 0.354. The van der Waals surface area contributed by atoms with Crippen LogP contribution in [-0.4, -0.2) is 41.1 Å². The van der Waals surface area contributed by atoms with E-state index in [4.69, 9.17) is 0 Å². The molecule has 0 aromatic carbocycles. The molecule has 9 nitrogen and oxygen atoms in total. The average Bonchev–Trinajstić information content (AvgIpc) is 3.05. The number of fused-ring (bicyclic) bond motifs is 1. The fourth-order valence-corrected chi connectivity index (χ4v) is 2.99. The molecule has 1 atom stereocenters. The number of carbonyl (C=O) groups is 1. The molecule has 25 heavy (non-hydrogen) atoms. The number of amides is 1. The van der Waals surface area contributed by atoms with Crippen molar-refractivity contribution in [2.75, 3.05) is 0 Å². The summed E-state index contributed by atoms with van der Waals surface area (Å²) in [5, 5.41) is 11.5. The minimum absolute atomic E-state index is 0.0125. The maximum absolute atomic E-state index is 12.5. The lowest BCUT2D eigenvalue weighted by atomic mass is 10.1. The van der Waals surface area contributed by atoms with E-state index in [1.807, 2.05) is 0 Å². The van der Waals surface area contributed by atoms with Crippen molar-refractivity contribution in [3.63, 3.8) is 0 Å². The van der Waals surface area contributed by atoms with Crippen molar-refractivity contribution in [1.29, 1.82) is 0 Å². The number of hydrogen-bond donors (Lipinski definition) is 1. The van der Waals surface area contributed by atoms with Gasteiger partial charge in [-0.2, -0.15) is 5.10 Å². The number of aryl methyl sites for hydroxylation is 3. The largest absolute Gasteiger partial charge is 0.346 e. The van der Waals surface area contributed by atoms with Crippen molar-refractivity contribution in [2.45, 2.75) is 58.7 Å². The number of hydrogen-bond acceptors (Lipinski definition) is 5. The maximum atomic E-state index is 12.5. The molecule has 2 aromatic heterocycles. The maximum Gasteiger partial charge on any atom is 0.345 e. The zero-order valence-electron chi connectivity index (χ0n) is 15.0. The molecule has 2 aromatic rings. The first-order valence-electron chi connectivity index (χ1n) is 8.77. The Labute approximate surface area is 146 Å². The quantitative estimate of drug-likeness (QED) is 0.841. The molecule has 0 saturated heterocycles. The monoisotopic (exact) mass is 347 g/mol. The Morgan fingerprint density at radius 1 is 1.36 bits per heavy atom. The van der Waals surface area contributed by atoms with E-state index in [0.29, 0.717) is 31.8 Å². The molecule has 0 aliphatic carbocycles. The van der Waals surface area contributed by atoms with Crippen LogP contribution in [0.2, 0.25) is 0 Å². The summed E-state index contributed by atoms with van der Waals surface area (Å²) in [4.78, 5) is 28.6. The fraction of sp³-hybridized carbons (Fsp3) is 0.688. The molecule has 136 valence electrons. The topological polar surface area (TPSA) is 99.6 Å². The molecule has 0 fully saturated rings. The summed E-state index contributed by atoms with van der Waals surface area (Å²) in [6, 6.07) is -0.0125. The summed E-state index contributed by atoms with van der Waals surface area (Å²) < 4.78 is 4.81. The minimum Gasteiger partial charge on any atom is -0.346 e. The number of nitrogens with zero attached hydrogens (tertiary/aromatic N) is 6. The lowest BCUT2D eigenvalue weighted by Crippen LogP contribution is -2.36. The van der Waals surface area contributed by atoms with Crippen LogP contribution >= 0.6 is 0 Å². The normalized spacial score (nSPS) is 17.4. The van der Waals surface area contributed by atoms with Gasteiger partial charge in [0, 0.05) is 32.6 Å². The van der Waals surface area contributed by atoms with Gasteiger partial charge in [-0.25, -0.2) is 14.5 Å². The van der Waals surface area contributed by atoms with Crippen LogP contribution in [-0.2, 0) is 26.6 Å². The first-order chi connectivity index (χ1) is 11.9. The first kappa shape index (κ1) is 17.4. The first-order valence-corrected chi connectivity index (χ1v) is 8.77. The fourth-order valence-electron chi connectivity index (χ4n) is 2.99. The molecule has 0 spiro atoms. The van der Waals surface area contributed by atoms with Crippen LogP contribution in [0.5, 0.6) is 0 Å². The molecule has 0 bridgehead atoms. The van der Waals surface area contributed by atoms with E-state index in [1.54, 1.807) is 16.3 Å². The molecule has 1 unspecified atom stereocenters. The van der Waals surface area contributed by atoms with Gasteiger partial charge in [0.15, 0.2) is 0 Å². The van der Waals surface area contributed by atoms with E-state index < -0.39 is 0 Å². The second kappa shape index (κ2) is 7.20. The lowest BCUT2D eigenvalue weighted by Gasteiger charge is -2.14. The third-order valence-electron chi connectivity index (χ3n) is 4.47. The highest BCUT2D eigenvalue weighted by Gasteiger charge is 2.23. The average molecular weight is 347 g/mol. The lowest BCUT2D eigenvalue weighted by molar-refractivity contribution is 0.0922. The van der Waals surface area contributed by atoms with E-state index in [-0.39, 0.29) is 23.5 Å². The van der Waals surface area contributed by atoms with Gasteiger partial charge in [-0.1, -0.05) is 13.8 Å². The number of carbonyl (C=O) groups excluding carboxylic acids is 1. The van der Waals surface area contributed by atoms with E-state index >= 15 is 0 Å². The van der Waals surface area contributed by atoms with E-state index in [9.17, 15) is 9.59 Å². The van der Waals surface area contributed by atoms with E-state index in [1.165, 1.54) is 11.0 Å². The van der Waals surface area contributed by atoms with Crippen LogP contribution in [0.1, 0.15) is 49.6 Å². The summed E-state index contributed by atoms with van der Waals surface area (Å²) in [6.07, 6.45) is 4.55. The molecule has 1 amide bonds. The van der Waals surface area contributed by atoms with Crippen molar-refractivity contribution in [3.05, 3.63) is 28.5 Å². The summed E-state index contributed by atoms with van der Waals surface area (Å²) in [7, 11) is 1.72. The molecule has 0 radical (unpaired) electrons.